The lowest BCUT2D eigenvalue weighted by atomic mass is 9.90. The molecule has 1 heterocycles. The number of hydrogen-bond donors (Lipinski definition) is 2. The standard InChI is InChI=1S/C16H29N3OS/c1-5-20-16(8-6-7-9-16)12(19-17)10-14-18-13(11-21-14)15(2,3)4/h11-12,19H,5-10,17H2,1-4H3. The van der Waals surface area contributed by atoms with Crippen molar-refractivity contribution in [2.24, 2.45) is 5.84 Å². The van der Waals surface area contributed by atoms with Crippen LogP contribution in [-0.4, -0.2) is 23.2 Å². The van der Waals surface area contributed by atoms with Gasteiger partial charge in [-0.3, -0.25) is 11.3 Å². The number of rotatable bonds is 6. The summed E-state index contributed by atoms with van der Waals surface area (Å²) in [4.78, 5) is 4.80. The van der Waals surface area contributed by atoms with Crippen LogP contribution in [0.2, 0.25) is 0 Å². The molecule has 2 rings (SSSR count). The molecular formula is C16H29N3OS. The number of thiazole rings is 1. The summed E-state index contributed by atoms with van der Waals surface area (Å²) < 4.78 is 6.12. The van der Waals surface area contributed by atoms with E-state index in [0.717, 1.165) is 36.6 Å². The van der Waals surface area contributed by atoms with Crippen LogP contribution in [0.4, 0.5) is 0 Å². The second kappa shape index (κ2) is 6.73. The first-order valence-electron chi connectivity index (χ1n) is 7.96. The van der Waals surface area contributed by atoms with Crippen LogP contribution in [0.25, 0.3) is 0 Å². The fraction of sp³-hybridized carbons (Fsp3) is 0.812. The highest BCUT2D eigenvalue weighted by Crippen LogP contribution is 2.37. The zero-order valence-corrected chi connectivity index (χ0v) is 14.6. The van der Waals surface area contributed by atoms with Gasteiger partial charge in [0.05, 0.1) is 22.3 Å². The van der Waals surface area contributed by atoms with Gasteiger partial charge in [-0.2, -0.15) is 0 Å². The molecule has 1 fully saturated rings. The van der Waals surface area contributed by atoms with E-state index < -0.39 is 0 Å². The molecule has 1 aromatic rings. The Hall–Kier alpha value is -0.490. The number of nitrogens with one attached hydrogen (secondary N) is 1. The summed E-state index contributed by atoms with van der Waals surface area (Å²) in [6.45, 7) is 9.40. The normalized spacial score (nSPS) is 19.9. The van der Waals surface area contributed by atoms with Crippen LogP contribution in [0.15, 0.2) is 5.38 Å². The van der Waals surface area contributed by atoms with E-state index in [1.165, 1.54) is 12.8 Å². The molecular weight excluding hydrogens is 282 g/mol. The van der Waals surface area contributed by atoms with Gasteiger partial charge in [-0.1, -0.05) is 33.6 Å². The van der Waals surface area contributed by atoms with E-state index in [4.69, 9.17) is 15.6 Å². The summed E-state index contributed by atoms with van der Waals surface area (Å²) in [7, 11) is 0. The Morgan fingerprint density at radius 1 is 1.43 bits per heavy atom. The van der Waals surface area contributed by atoms with E-state index in [9.17, 15) is 0 Å². The van der Waals surface area contributed by atoms with Gasteiger partial charge in [0.15, 0.2) is 0 Å². The predicted molar refractivity (Wildman–Crippen MR) is 88.5 cm³/mol. The summed E-state index contributed by atoms with van der Waals surface area (Å²) in [5.41, 5.74) is 4.16. The number of hydrazine groups is 1. The second-order valence-electron chi connectivity index (χ2n) is 7.00. The van der Waals surface area contributed by atoms with E-state index in [0.29, 0.717) is 0 Å². The lowest BCUT2D eigenvalue weighted by Gasteiger charge is -2.36. The van der Waals surface area contributed by atoms with Gasteiger partial charge < -0.3 is 4.74 Å². The highest BCUT2D eigenvalue weighted by molar-refractivity contribution is 7.09. The molecule has 21 heavy (non-hydrogen) atoms. The lowest BCUT2D eigenvalue weighted by Crippen LogP contribution is -2.54. The molecule has 0 radical (unpaired) electrons. The Kier molecular flexibility index (Phi) is 5.41. The summed E-state index contributed by atoms with van der Waals surface area (Å²) in [6.07, 6.45) is 5.48. The molecule has 120 valence electrons. The highest BCUT2D eigenvalue weighted by atomic mass is 32.1. The fourth-order valence-electron chi connectivity index (χ4n) is 3.17. The van der Waals surface area contributed by atoms with Gasteiger partial charge in [0, 0.05) is 23.8 Å². The Balaban J connectivity index is 2.13. The maximum Gasteiger partial charge on any atom is 0.0945 e. The lowest BCUT2D eigenvalue weighted by molar-refractivity contribution is -0.0613. The minimum Gasteiger partial charge on any atom is -0.374 e. The van der Waals surface area contributed by atoms with Crippen LogP contribution < -0.4 is 11.3 Å². The van der Waals surface area contributed by atoms with E-state index in [1.807, 2.05) is 0 Å². The zero-order valence-electron chi connectivity index (χ0n) is 13.7. The Labute approximate surface area is 132 Å². The van der Waals surface area contributed by atoms with Crippen LogP contribution in [0.1, 0.15) is 64.1 Å². The molecule has 0 saturated heterocycles. The molecule has 1 saturated carbocycles. The molecule has 0 aliphatic heterocycles. The predicted octanol–water partition coefficient (Wildman–Crippen LogP) is 3.16. The van der Waals surface area contributed by atoms with Gasteiger partial charge in [-0.15, -0.1) is 11.3 Å². The minimum absolute atomic E-state index is 0.103. The third-order valence-electron chi connectivity index (χ3n) is 4.42. The van der Waals surface area contributed by atoms with Gasteiger partial charge in [-0.05, 0) is 19.8 Å². The molecule has 1 aromatic heterocycles. The number of nitrogens with two attached hydrogens (primary N) is 1. The molecule has 1 atom stereocenters. The summed E-state index contributed by atoms with van der Waals surface area (Å²) >= 11 is 1.73. The van der Waals surface area contributed by atoms with Crippen molar-refractivity contribution >= 4 is 11.3 Å². The third kappa shape index (κ3) is 3.83. The van der Waals surface area contributed by atoms with Crippen LogP contribution in [0.5, 0.6) is 0 Å². The van der Waals surface area contributed by atoms with Gasteiger partial charge in [0.1, 0.15) is 0 Å². The molecule has 4 nitrogen and oxygen atoms in total. The number of ether oxygens (including phenoxy) is 1. The zero-order chi connectivity index (χ0) is 15.5. The van der Waals surface area contributed by atoms with Gasteiger partial charge in [0.25, 0.3) is 0 Å². The number of nitrogens with zero attached hydrogens (tertiary/aromatic N) is 1. The highest BCUT2D eigenvalue weighted by Gasteiger charge is 2.42. The van der Waals surface area contributed by atoms with E-state index in [-0.39, 0.29) is 17.1 Å². The molecule has 1 unspecified atom stereocenters. The van der Waals surface area contributed by atoms with Crippen LogP contribution in [0.3, 0.4) is 0 Å². The van der Waals surface area contributed by atoms with Crippen LogP contribution in [-0.2, 0) is 16.6 Å². The SMILES string of the molecule is CCOC1(C(Cc2nc(C(C)(C)C)cs2)NN)CCCC1. The number of aromatic nitrogens is 1. The van der Waals surface area contributed by atoms with Crippen LogP contribution in [0, 0.1) is 0 Å². The van der Waals surface area contributed by atoms with E-state index in [2.05, 4.69) is 38.5 Å². The molecule has 0 bridgehead atoms. The first kappa shape index (κ1) is 16.9. The van der Waals surface area contributed by atoms with Gasteiger partial charge in [-0.25, -0.2) is 4.98 Å². The summed E-state index contributed by atoms with van der Waals surface area (Å²) in [5.74, 6) is 5.86. The molecule has 5 heteroatoms. The molecule has 0 aromatic carbocycles. The minimum atomic E-state index is -0.114. The molecule has 0 amide bonds. The quantitative estimate of drug-likeness (QED) is 0.626. The third-order valence-corrected chi connectivity index (χ3v) is 5.29. The second-order valence-corrected chi connectivity index (χ2v) is 7.95. The van der Waals surface area contributed by atoms with Gasteiger partial charge in [0.2, 0.25) is 0 Å². The molecule has 1 aliphatic carbocycles. The smallest absolute Gasteiger partial charge is 0.0945 e. The monoisotopic (exact) mass is 311 g/mol. The Morgan fingerprint density at radius 3 is 2.57 bits per heavy atom. The van der Waals surface area contributed by atoms with Crippen molar-refractivity contribution in [1.29, 1.82) is 0 Å². The van der Waals surface area contributed by atoms with Gasteiger partial charge >= 0.3 is 0 Å². The summed E-state index contributed by atoms with van der Waals surface area (Å²) in [6, 6.07) is 0.138. The van der Waals surface area contributed by atoms with Crippen molar-refractivity contribution < 1.29 is 4.74 Å². The first-order valence-corrected chi connectivity index (χ1v) is 8.84. The largest absolute Gasteiger partial charge is 0.374 e. The fourth-order valence-corrected chi connectivity index (χ4v) is 4.24. The van der Waals surface area contributed by atoms with E-state index >= 15 is 0 Å². The van der Waals surface area contributed by atoms with Crippen molar-refractivity contribution in [3.05, 3.63) is 16.1 Å². The van der Waals surface area contributed by atoms with E-state index in [1.54, 1.807) is 11.3 Å². The molecule has 0 spiro atoms. The Morgan fingerprint density at radius 2 is 2.10 bits per heavy atom. The van der Waals surface area contributed by atoms with Crippen LogP contribution >= 0.6 is 11.3 Å². The molecule has 3 N–H and O–H groups in total. The average Bonchev–Trinajstić information content (AvgIpc) is 3.05. The summed E-state index contributed by atoms with van der Waals surface area (Å²) in [5, 5.41) is 3.32. The first-order chi connectivity index (χ1) is 9.91. The Bertz CT molecular complexity index is 447. The van der Waals surface area contributed by atoms with Crippen molar-refractivity contribution in [2.75, 3.05) is 6.61 Å². The molecule has 1 aliphatic rings. The average molecular weight is 311 g/mol. The topological polar surface area (TPSA) is 60.2 Å². The van der Waals surface area contributed by atoms with Crippen molar-refractivity contribution in [2.45, 2.75) is 76.9 Å². The maximum atomic E-state index is 6.12. The van der Waals surface area contributed by atoms with Crippen molar-refractivity contribution in [1.82, 2.24) is 10.4 Å². The van der Waals surface area contributed by atoms with Crippen molar-refractivity contribution in [3.63, 3.8) is 0 Å². The number of hydrogen-bond acceptors (Lipinski definition) is 5. The maximum absolute atomic E-state index is 6.12. The van der Waals surface area contributed by atoms with Crippen molar-refractivity contribution in [3.8, 4) is 0 Å².